The highest BCUT2D eigenvalue weighted by molar-refractivity contribution is 7.91. The minimum absolute atomic E-state index is 0.111. The Morgan fingerprint density at radius 2 is 1.53 bits per heavy atom. The lowest BCUT2D eigenvalue weighted by Gasteiger charge is -2.16. The first kappa shape index (κ1) is 25.0. The van der Waals surface area contributed by atoms with E-state index in [2.05, 4.69) is 5.32 Å². The summed E-state index contributed by atoms with van der Waals surface area (Å²) in [4.78, 5) is 25.6. The number of carbonyl (C=O) groups excluding carboxylic acids is 1. The molecule has 8 nitrogen and oxygen atoms in total. The minimum Gasteiger partial charge on any atom is -0.493 e. The average molecular weight is 485 g/mol. The topological polar surface area (TPSA) is 104 Å². The van der Waals surface area contributed by atoms with Gasteiger partial charge in [0.25, 0.3) is 5.56 Å². The number of anilines is 1. The van der Waals surface area contributed by atoms with Crippen LogP contribution in [0.1, 0.15) is 22.4 Å². The minimum atomic E-state index is -4.20. The molecule has 0 saturated carbocycles. The van der Waals surface area contributed by atoms with Crippen LogP contribution in [0.3, 0.4) is 0 Å². The Morgan fingerprint density at radius 3 is 2.12 bits per heavy atom. The first-order valence-corrected chi connectivity index (χ1v) is 12.0. The van der Waals surface area contributed by atoms with Crippen molar-refractivity contribution in [1.29, 1.82) is 0 Å². The van der Waals surface area contributed by atoms with Crippen LogP contribution >= 0.6 is 0 Å². The number of hydrogen-bond acceptors (Lipinski definition) is 6. The Balaban J connectivity index is 2.03. The van der Waals surface area contributed by atoms with Crippen molar-refractivity contribution >= 4 is 21.4 Å². The number of nitrogens with zero attached hydrogens (tertiary/aromatic N) is 1. The summed E-state index contributed by atoms with van der Waals surface area (Å²) < 4.78 is 38.4. The molecular formula is C25H28N2O6S. The van der Waals surface area contributed by atoms with E-state index in [1.54, 1.807) is 19.9 Å². The normalized spacial score (nSPS) is 11.2. The predicted octanol–water partition coefficient (Wildman–Crippen LogP) is 3.57. The Hall–Kier alpha value is -3.59. The van der Waals surface area contributed by atoms with Crippen LogP contribution < -0.4 is 20.3 Å². The number of hydrogen-bond donors (Lipinski definition) is 1. The largest absolute Gasteiger partial charge is 0.493 e. The third-order valence-electron chi connectivity index (χ3n) is 5.39. The summed E-state index contributed by atoms with van der Waals surface area (Å²) in [6.45, 7) is 6.73. The summed E-state index contributed by atoms with van der Waals surface area (Å²) in [6.07, 6.45) is 0. The summed E-state index contributed by atoms with van der Waals surface area (Å²) in [5.41, 5.74) is 2.60. The zero-order chi connectivity index (χ0) is 25.2. The van der Waals surface area contributed by atoms with Gasteiger partial charge in [-0.3, -0.25) is 9.59 Å². The maximum atomic E-state index is 13.4. The van der Waals surface area contributed by atoms with E-state index < -0.39 is 21.3 Å². The van der Waals surface area contributed by atoms with Crippen LogP contribution in [0.5, 0.6) is 11.5 Å². The number of methoxy groups -OCH3 is 2. The Morgan fingerprint density at radius 1 is 0.912 bits per heavy atom. The standard InChI is InChI=1S/C25H28N2O6S/c1-15-9-16(2)11-19(10-15)26-23(28)14-27-18(4)12-17(3)24(25(27)29)34(30,31)20-7-8-21(32-5)22(13-20)33-6/h7-13H,14H2,1-6H3,(H,26,28). The van der Waals surface area contributed by atoms with Gasteiger partial charge in [0.15, 0.2) is 11.5 Å². The number of sulfone groups is 1. The molecule has 0 bridgehead atoms. The molecule has 34 heavy (non-hydrogen) atoms. The summed E-state index contributed by atoms with van der Waals surface area (Å²) in [7, 11) is -1.37. The van der Waals surface area contributed by atoms with E-state index in [0.717, 1.165) is 11.1 Å². The van der Waals surface area contributed by atoms with E-state index in [0.29, 0.717) is 22.7 Å². The highest BCUT2D eigenvalue weighted by atomic mass is 32.2. The van der Waals surface area contributed by atoms with Gasteiger partial charge in [0.2, 0.25) is 15.7 Å². The molecule has 0 saturated heterocycles. The molecule has 0 aliphatic rings. The Bertz CT molecular complexity index is 1400. The molecule has 9 heteroatoms. The van der Waals surface area contributed by atoms with Crippen LogP contribution in [0.25, 0.3) is 0 Å². The fourth-order valence-electron chi connectivity index (χ4n) is 3.92. The maximum Gasteiger partial charge on any atom is 0.270 e. The summed E-state index contributed by atoms with van der Waals surface area (Å²) in [6, 6.07) is 11.3. The quantitative estimate of drug-likeness (QED) is 0.550. The van der Waals surface area contributed by atoms with Crippen molar-refractivity contribution in [3.05, 3.63) is 75.2 Å². The molecule has 1 aromatic heterocycles. The molecule has 1 amide bonds. The molecule has 1 heterocycles. The predicted molar refractivity (Wildman–Crippen MR) is 130 cm³/mol. The van der Waals surface area contributed by atoms with Gasteiger partial charge >= 0.3 is 0 Å². The molecule has 0 radical (unpaired) electrons. The molecule has 3 aromatic rings. The molecule has 180 valence electrons. The summed E-state index contributed by atoms with van der Waals surface area (Å²) >= 11 is 0. The van der Waals surface area contributed by atoms with Crippen LogP contribution in [0.2, 0.25) is 0 Å². The second-order valence-electron chi connectivity index (χ2n) is 8.13. The van der Waals surface area contributed by atoms with Gasteiger partial charge in [0, 0.05) is 17.4 Å². The van der Waals surface area contributed by atoms with Gasteiger partial charge < -0.3 is 19.4 Å². The van der Waals surface area contributed by atoms with E-state index in [9.17, 15) is 18.0 Å². The number of ether oxygens (including phenoxy) is 2. The molecule has 2 aromatic carbocycles. The second kappa shape index (κ2) is 9.72. The molecule has 0 aliphatic carbocycles. The van der Waals surface area contributed by atoms with Crippen LogP contribution in [-0.4, -0.2) is 33.1 Å². The zero-order valence-corrected chi connectivity index (χ0v) is 20.9. The molecule has 0 fully saturated rings. The van der Waals surface area contributed by atoms with Gasteiger partial charge in [-0.2, -0.15) is 0 Å². The first-order valence-electron chi connectivity index (χ1n) is 10.5. The highest BCUT2D eigenvalue weighted by Crippen LogP contribution is 2.32. The van der Waals surface area contributed by atoms with Crippen LogP contribution in [0.4, 0.5) is 5.69 Å². The van der Waals surface area contributed by atoms with Gasteiger partial charge in [-0.15, -0.1) is 0 Å². The van der Waals surface area contributed by atoms with Crippen molar-refractivity contribution in [3.63, 3.8) is 0 Å². The lowest BCUT2D eigenvalue weighted by Crippen LogP contribution is -2.33. The number of rotatable bonds is 7. The summed E-state index contributed by atoms with van der Waals surface area (Å²) in [5, 5.41) is 2.78. The van der Waals surface area contributed by atoms with Crippen molar-refractivity contribution < 1.29 is 22.7 Å². The number of benzene rings is 2. The third-order valence-corrected chi connectivity index (χ3v) is 7.30. The smallest absolute Gasteiger partial charge is 0.270 e. The Labute approximate surface area is 199 Å². The van der Waals surface area contributed by atoms with Gasteiger partial charge in [-0.05, 0) is 74.7 Å². The van der Waals surface area contributed by atoms with Gasteiger partial charge in [-0.1, -0.05) is 6.07 Å². The first-order chi connectivity index (χ1) is 16.0. The second-order valence-corrected chi connectivity index (χ2v) is 10.0. The van der Waals surface area contributed by atoms with Gasteiger partial charge in [0.1, 0.15) is 11.4 Å². The number of amides is 1. The van der Waals surface area contributed by atoms with E-state index in [4.69, 9.17) is 9.47 Å². The van der Waals surface area contributed by atoms with E-state index in [-0.39, 0.29) is 22.1 Å². The lowest BCUT2D eigenvalue weighted by atomic mass is 10.1. The number of nitrogens with one attached hydrogen (secondary N) is 1. The van der Waals surface area contributed by atoms with Gasteiger partial charge in [-0.25, -0.2) is 8.42 Å². The third kappa shape index (κ3) is 4.99. The van der Waals surface area contributed by atoms with E-state index >= 15 is 0 Å². The molecule has 0 unspecified atom stereocenters. The fourth-order valence-corrected chi connectivity index (χ4v) is 5.49. The Kier molecular flexibility index (Phi) is 7.16. The molecule has 0 atom stereocenters. The molecule has 1 N–H and O–H groups in total. The maximum absolute atomic E-state index is 13.4. The number of aryl methyl sites for hydroxylation is 4. The number of carbonyl (C=O) groups is 1. The van der Waals surface area contributed by atoms with E-state index in [1.165, 1.54) is 37.0 Å². The summed E-state index contributed by atoms with van der Waals surface area (Å²) in [5.74, 6) is 0.151. The molecule has 0 aliphatic heterocycles. The highest BCUT2D eigenvalue weighted by Gasteiger charge is 2.27. The van der Waals surface area contributed by atoms with Crippen molar-refractivity contribution in [2.45, 2.75) is 44.0 Å². The fraction of sp³-hybridized carbons (Fsp3) is 0.280. The lowest BCUT2D eigenvalue weighted by molar-refractivity contribution is -0.116. The monoisotopic (exact) mass is 484 g/mol. The van der Waals surface area contributed by atoms with Crippen LogP contribution in [0, 0.1) is 27.7 Å². The van der Waals surface area contributed by atoms with Crippen molar-refractivity contribution in [1.82, 2.24) is 4.57 Å². The van der Waals surface area contributed by atoms with Crippen molar-refractivity contribution in [2.24, 2.45) is 0 Å². The SMILES string of the molecule is COc1ccc(S(=O)(=O)c2c(C)cc(C)n(CC(=O)Nc3cc(C)cc(C)c3)c2=O)cc1OC. The molecule has 0 spiro atoms. The molecule has 3 rings (SSSR count). The van der Waals surface area contributed by atoms with Crippen molar-refractivity contribution in [2.75, 3.05) is 19.5 Å². The van der Waals surface area contributed by atoms with Crippen molar-refractivity contribution in [3.8, 4) is 11.5 Å². The van der Waals surface area contributed by atoms with Crippen LogP contribution in [-0.2, 0) is 21.2 Å². The van der Waals surface area contributed by atoms with E-state index in [1.807, 2.05) is 32.0 Å². The zero-order valence-electron chi connectivity index (χ0n) is 20.1. The molecular weight excluding hydrogens is 456 g/mol. The number of pyridine rings is 1. The van der Waals surface area contributed by atoms with Crippen LogP contribution in [0.15, 0.2) is 57.1 Å². The van der Waals surface area contributed by atoms with Gasteiger partial charge in [0.05, 0.1) is 19.1 Å². The number of aromatic nitrogens is 1. The average Bonchev–Trinajstić information content (AvgIpc) is 2.75.